The van der Waals surface area contributed by atoms with Crippen molar-refractivity contribution in [3.05, 3.63) is 64.9 Å². The number of nitrogen functional groups attached to an aromatic ring is 1. The van der Waals surface area contributed by atoms with Crippen molar-refractivity contribution in [1.82, 2.24) is 19.6 Å². The van der Waals surface area contributed by atoms with Crippen LogP contribution in [0.1, 0.15) is 15.4 Å². The average Bonchev–Trinajstić information content (AvgIpc) is 3.23. The number of nitrogens with zero attached hydrogens (tertiary/aromatic N) is 4. The van der Waals surface area contributed by atoms with Gasteiger partial charge in [0.05, 0.1) is 17.5 Å². The number of fused-ring (bicyclic) bond motifs is 1. The van der Waals surface area contributed by atoms with Crippen molar-refractivity contribution in [2.45, 2.75) is 0 Å². The fourth-order valence-electron chi connectivity index (χ4n) is 2.42. The lowest BCUT2D eigenvalue weighted by atomic mass is 10.1. The van der Waals surface area contributed by atoms with E-state index in [4.69, 9.17) is 5.73 Å². The molecule has 4 aromatic rings. The van der Waals surface area contributed by atoms with Crippen LogP contribution in [0.3, 0.4) is 0 Å². The number of anilines is 1. The van der Waals surface area contributed by atoms with Gasteiger partial charge in [-0.2, -0.15) is 5.10 Å². The number of rotatable bonds is 3. The maximum Gasteiger partial charge on any atom is 0.226 e. The van der Waals surface area contributed by atoms with Crippen molar-refractivity contribution >= 4 is 28.5 Å². The van der Waals surface area contributed by atoms with Crippen molar-refractivity contribution in [2.75, 3.05) is 5.73 Å². The van der Waals surface area contributed by atoms with Gasteiger partial charge in [0.25, 0.3) is 0 Å². The summed E-state index contributed by atoms with van der Waals surface area (Å²) >= 11 is 1.30. The molecule has 23 heavy (non-hydrogen) atoms. The second-order valence-corrected chi connectivity index (χ2v) is 5.81. The molecular weight excluding hydrogens is 310 g/mol. The van der Waals surface area contributed by atoms with Crippen LogP contribution in [0.25, 0.3) is 16.9 Å². The standard InChI is InChI=1S/C16H11N5OS/c17-11-3-1-2-10(8-11)13-4-5-18-15-12(9-20-21(13)15)14(22)16-19-6-7-23-16/h1-9H,17H2. The number of carbonyl (C=O) groups excluding carboxylic acids is 1. The molecule has 0 atom stereocenters. The predicted octanol–water partition coefficient (Wildman–Crippen LogP) is 2.67. The van der Waals surface area contributed by atoms with E-state index in [0.717, 1.165) is 11.3 Å². The maximum atomic E-state index is 12.5. The molecule has 6 nitrogen and oxygen atoms in total. The quantitative estimate of drug-likeness (QED) is 0.463. The number of benzene rings is 1. The number of thiazole rings is 1. The molecule has 0 fully saturated rings. The lowest BCUT2D eigenvalue weighted by Gasteiger charge is -2.05. The summed E-state index contributed by atoms with van der Waals surface area (Å²) in [7, 11) is 0. The topological polar surface area (TPSA) is 86.2 Å². The molecule has 4 rings (SSSR count). The normalized spacial score (nSPS) is 11.0. The van der Waals surface area contributed by atoms with Gasteiger partial charge in [0.1, 0.15) is 0 Å². The second kappa shape index (κ2) is 5.29. The molecule has 0 spiro atoms. The minimum atomic E-state index is -0.174. The van der Waals surface area contributed by atoms with Crippen LogP contribution in [0.2, 0.25) is 0 Å². The molecule has 0 aliphatic rings. The van der Waals surface area contributed by atoms with Crippen molar-refractivity contribution in [1.29, 1.82) is 0 Å². The first kappa shape index (κ1) is 13.6. The lowest BCUT2D eigenvalue weighted by molar-refractivity contribution is 0.103. The minimum absolute atomic E-state index is 0.174. The van der Waals surface area contributed by atoms with Gasteiger partial charge in [0, 0.05) is 29.0 Å². The summed E-state index contributed by atoms with van der Waals surface area (Å²) in [4.78, 5) is 20.9. The first-order valence-corrected chi connectivity index (χ1v) is 7.75. The minimum Gasteiger partial charge on any atom is -0.399 e. The molecule has 0 radical (unpaired) electrons. The molecule has 1 aromatic carbocycles. The third-order valence-corrected chi connectivity index (χ3v) is 4.23. The summed E-state index contributed by atoms with van der Waals surface area (Å²) in [5.74, 6) is -0.174. The molecular formula is C16H11N5OS. The Morgan fingerprint density at radius 2 is 2.09 bits per heavy atom. The zero-order valence-corrected chi connectivity index (χ0v) is 12.7. The zero-order valence-electron chi connectivity index (χ0n) is 11.9. The van der Waals surface area contributed by atoms with E-state index >= 15 is 0 Å². The molecule has 0 saturated heterocycles. The van der Waals surface area contributed by atoms with Crippen molar-refractivity contribution in [3.63, 3.8) is 0 Å². The molecule has 7 heteroatoms. The molecule has 2 N–H and O–H groups in total. The molecule has 0 bridgehead atoms. The highest BCUT2D eigenvalue weighted by atomic mass is 32.1. The van der Waals surface area contributed by atoms with Gasteiger partial charge in [-0.3, -0.25) is 4.79 Å². The molecule has 0 aliphatic carbocycles. The Kier molecular flexibility index (Phi) is 3.13. The number of hydrogen-bond donors (Lipinski definition) is 1. The number of hydrogen-bond acceptors (Lipinski definition) is 6. The zero-order chi connectivity index (χ0) is 15.8. The Balaban J connectivity index is 1.89. The van der Waals surface area contributed by atoms with Crippen molar-refractivity contribution in [2.24, 2.45) is 0 Å². The van der Waals surface area contributed by atoms with E-state index < -0.39 is 0 Å². The van der Waals surface area contributed by atoms with Crippen LogP contribution in [0.5, 0.6) is 0 Å². The Hall–Kier alpha value is -3.06. The van der Waals surface area contributed by atoms with E-state index in [1.54, 1.807) is 22.3 Å². The Morgan fingerprint density at radius 1 is 1.17 bits per heavy atom. The molecule has 0 amide bonds. The molecule has 3 heterocycles. The third kappa shape index (κ3) is 2.27. The highest BCUT2D eigenvalue weighted by Gasteiger charge is 2.19. The van der Waals surface area contributed by atoms with Gasteiger partial charge in [-0.1, -0.05) is 12.1 Å². The smallest absolute Gasteiger partial charge is 0.226 e. The summed E-state index contributed by atoms with van der Waals surface area (Å²) in [6, 6.07) is 9.34. The highest BCUT2D eigenvalue weighted by molar-refractivity contribution is 7.11. The SMILES string of the molecule is Nc1cccc(-c2ccnc3c(C(=O)c4nccs4)cnn23)c1. The summed E-state index contributed by atoms with van der Waals surface area (Å²) in [6.07, 6.45) is 4.80. The number of carbonyl (C=O) groups is 1. The maximum absolute atomic E-state index is 12.5. The predicted molar refractivity (Wildman–Crippen MR) is 88.4 cm³/mol. The van der Waals surface area contributed by atoms with Crippen LogP contribution < -0.4 is 5.73 Å². The van der Waals surface area contributed by atoms with E-state index in [0.29, 0.717) is 21.9 Å². The summed E-state index contributed by atoms with van der Waals surface area (Å²) in [5, 5.41) is 6.52. The number of nitrogens with two attached hydrogens (primary N) is 1. The van der Waals surface area contributed by atoms with E-state index in [1.165, 1.54) is 17.5 Å². The van der Waals surface area contributed by atoms with Gasteiger partial charge in [-0.25, -0.2) is 14.5 Å². The van der Waals surface area contributed by atoms with Crippen molar-refractivity contribution in [3.8, 4) is 11.3 Å². The van der Waals surface area contributed by atoms with Crippen LogP contribution in [0.15, 0.2) is 54.3 Å². The Bertz CT molecular complexity index is 1010. The van der Waals surface area contributed by atoms with E-state index in [9.17, 15) is 4.79 Å². The van der Waals surface area contributed by atoms with Crippen LogP contribution >= 0.6 is 11.3 Å². The van der Waals surface area contributed by atoms with E-state index in [2.05, 4.69) is 15.1 Å². The summed E-state index contributed by atoms with van der Waals surface area (Å²) < 4.78 is 1.65. The Morgan fingerprint density at radius 3 is 2.87 bits per heavy atom. The molecule has 112 valence electrons. The number of aromatic nitrogens is 4. The molecule has 0 unspecified atom stereocenters. The van der Waals surface area contributed by atoms with Gasteiger partial charge >= 0.3 is 0 Å². The second-order valence-electron chi connectivity index (χ2n) is 4.92. The Labute approximate surface area is 135 Å². The fourth-order valence-corrected chi connectivity index (χ4v) is 3.01. The first-order valence-electron chi connectivity index (χ1n) is 6.87. The molecule has 0 saturated carbocycles. The first-order chi connectivity index (χ1) is 11.2. The van der Waals surface area contributed by atoms with Crippen LogP contribution in [-0.2, 0) is 0 Å². The fraction of sp³-hybridized carbons (Fsp3) is 0. The summed E-state index contributed by atoms with van der Waals surface area (Å²) in [6.45, 7) is 0. The van der Waals surface area contributed by atoms with Gasteiger partial charge in [-0.15, -0.1) is 11.3 Å². The highest BCUT2D eigenvalue weighted by Crippen LogP contribution is 2.24. The van der Waals surface area contributed by atoms with E-state index in [-0.39, 0.29) is 5.78 Å². The largest absolute Gasteiger partial charge is 0.399 e. The average molecular weight is 321 g/mol. The molecule has 3 aromatic heterocycles. The monoisotopic (exact) mass is 321 g/mol. The van der Waals surface area contributed by atoms with Gasteiger partial charge in [0.15, 0.2) is 10.7 Å². The van der Waals surface area contributed by atoms with Gasteiger partial charge in [-0.05, 0) is 18.2 Å². The third-order valence-electron chi connectivity index (χ3n) is 3.45. The van der Waals surface area contributed by atoms with E-state index in [1.807, 2.05) is 30.3 Å². The van der Waals surface area contributed by atoms with Gasteiger partial charge < -0.3 is 5.73 Å². The summed E-state index contributed by atoms with van der Waals surface area (Å²) in [5.41, 5.74) is 9.19. The van der Waals surface area contributed by atoms with Gasteiger partial charge in [0.2, 0.25) is 5.78 Å². The van der Waals surface area contributed by atoms with Crippen LogP contribution in [-0.4, -0.2) is 25.4 Å². The molecule has 0 aliphatic heterocycles. The van der Waals surface area contributed by atoms with Crippen molar-refractivity contribution < 1.29 is 4.79 Å². The van der Waals surface area contributed by atoms with Crippen LogP contribution in [0, 0.1) is 0 Å². The number of ketones is 1. The van der Waals surface area contributed by atoms with Crippen LogP contribution in [0.4, 0.5) is 5.69 Å². The lowest BCUT2D eigenvalue weighted by Crippen LogP contribution is -2.02.